The lowest BCUT2D eigenvalue weighted by atomic mass is 10.1. The summed E-state index contributed by atoms with van der Waals surface area (Å²) >= 11 is 0. The van der Waals surface area contributed by atoms with Crippen molar-refractivity contribution in [2.24, 2.45) is 0 Å². The zero-order valence-corrected chi connectivity index (χ0v) is 24.6. The van der Waals surface area contributed by atoms with Crippen LogP contribution < -0.4 is 4.57 Å². The Balaban J connectivity index is 2.24. The molecule has 1 aromatic heterocycles. The van der Waals surface area contributed by atoms with E-state index >= 15 is 0 Å². The third-order valence-corrected chi connectivity index (χ3v) is 7.85. The van der Waals surface area contributed by atoms with Crippen LogP contribution in [0.2, 0.25) is 0 Å². The second kappa shape index (κ2) is 24.9. The fourth-order valence-corrected chi connectivity index (χ4v) is 5.44. The Morgan fingerprint density at radius 2 is 0.886 bits per heavy atom. The van der Waals surface area contributed by atoms with Gasteiger partial charge in [0.2, 0.25) is 0 Å². The number of aromatic nitrogens is 2. The molecule has 0 aliphatic rings. The molecule has 0 fully saturated rings. The summed E-state index contributed by atoms with van der Waals surface area (Å²) in [6.07, 6.45) is 40.0. The van der Waals surface area contributed by atoms with Crippen LogP contribution in [-0.2, 0) is 19.5 Å². The lowest BCUT2D eigenvalue weighted by Crippen LogP contribution is -2.37. The maximum absolute atomic E-state index is 2.60. The predicted molar refractivity (Wildman–Crippen MR) is 156 cm³/mol. The molecule has 35 heavy (non-hydrogen) atoms. The summed E-state index contributed by atoms with van der Waals surface area (Å²) in [5, 5.41) is 0. The van der Waals surface area contributed by atoms with Crippen molar-refractivity contribution in [2.75, 3.05) is 0 Å². The van der Waals surface area contributed by atoms with E-state index in [0.29, 0.717) is 0 Å². The largest absolute Gasteiger partial charge is 0.256 e. The summed E-state index contributed by atoms with van der Waals surface area (Å²) in [6, 6.07) is 0. The van der Waals surface area contributed by atoms with Crippen LogP contribution in [-0.4, -0.2) is 4.57 Å². The van der Waals surface area contributed by atoms with E-state index in [1.807, 2.05) is 0 Å². The van der Waals surface area contributed by atoms with Crippen LogP contribution in [0.5, 0.6) is 0 Å². The Hall–Kier alpha value is -0.790. The summed E-state index contributed by atoms with van der Waals surface area (Å²) < 4.78 is 5.19. The fraction of sp³-hybridized carbons (Fsp3) is 0.909. The SMILES string of the molecule is CCCCCCCCCCCCCn1cc[n+](CCCCC)c1CCCCCCCCCCCC. The van der Waals surface area contributed by atoms with Crippen molar-refractivity contribution in [3.63, 3.8) is 0 Å². The number of hydrogen-bond acceptors (Lipinski definition) is 0. The smallest absolute Gasteiger partial charge is 0.234 e. The lowest BCUT2D eigenvalue weighted by Gasteiger charge is -2.07. The van der Waals surface area contributed by atoms with E-state index in [4.69, 9.17) is 0 Å². The molecule has 0 saturated carbocycles. The summed E-state index contributed by atoms with van der Waals surface area (Å²) in [5.74, 6) is 1.60. The monoisotopic (exact) mass is 490 g/mol. The Bertz CT molecular complexity index is 547. The minimum atomic E-state index is 1.21. The van der Waals surface area contributed by atoms with Gasteiger partial charge in [-0.3, -0.25) is 0 Å². The van der Waals surface area contributed by atoms with Crippen LogP contribution in [0.15, 0.2) is 12.4 Å². The maximum atomic E-state index is 2.60. The first-order valence-electron chi connectivity index (χ1n) is 16.4. The van der Waals surface area contributed by atoms with Gasteiger partial charge >= 0.3 is 0 Å². The molecule has 2 heteroatoms. The van der Waals surface area contributed by atoms with Gasteiger partial charge in [0.05, 0.1) is 13.1 Å². The first-order valence-corrected chi connectivity index (χ1v) is 16.4. The van der Waals surface area contributed by atoms with Crippen LogP contribution in [0, 0.1) is 0 Å². The highest BCUT2D eigenvalue weighted by Crippen LogP contribution is 2.14. The lowest BCUT2D eigenvalue weighted by molar-refractivity contribution is -0.704. The summed E-state index contributed by atoms with van der Waals surface area (Å²) in [6.45, 7) is 9.37. The number of nitrogens with zero attached hydrogens (tertiary/aromatic N) is 2. The number of aryl methyl sites for hydroxylation is 2. The van der Waals surface area contributed by atoms with Gasteiger partial charge in [-0.15, -0.1) is 0 Å². The number of imidazole rings is 1. The summed E-state index contributed by atoms with van der Waals surface area (Å²) in [7, 11) is 0. The average molecular weight is 490 g/mol. The van der Waals surface area contributed by atoms with E-state index in [1.165, 1.54) is 174 Å². The third-order valence-electron chi connectivity index (χ3n) is 7.85. The fourth-order valence-electron chi connectivity index (χ4n) is 5.44. The molecule has 206 valence electrons. The van der Waals surface area contributed by atoms with Crippen LogP contribution in [0.1, 0.15) is 181 Å². The molecule has 2 nitrogen and oxygen atoms in total. The molecule has 0 N–H and O–H groups in total. The molecule has 0 amide bonds. The number of hydrogen-bond donors (Lipinski definition) is 0. The second-order valence-electron chi connectivity index (χ2n) is 11.3. The average Bonchev–Trinajstić information content (AvgIpc) is 3.25. The molecule has 0 aliphatic carbocycles. The highest BCUT2D eigenvalue weighted by Gasteiger charge is 2.16. The van der Waals surface area contributed by atoms with Crippen molar-refractivity contribution in [1.82, 2.24) is 4.57 Å². The highest BCUT2D eigenvalue weighted by molar-refractivity contribution is 4.84. The standard InChI is InChI=1S/C33H65N2/c1-4-7-10-12-14-16-18-20-22-24-27-30-35-32-31-34(29-26-9-6-3)33(35)28-25-23-21-19-17-15-13-11-8-5-2/h31-32H,4-30H2,1-3H3/q+1. The maximum Gasteiger partial charge on any atom is 0.256 e. The molecule has 0 radical (unpaired) electrons. The quantitative estimate of drug-likeness (QED) is 0.0858. The van der Waals surface area contributed by atoms with E-state index < -0.39 is 0 Å². The Labute approximate surface area is 221 Å². The second-order valence-corrected chi connectivity index (χ2v) is 11.3. The Morgan fingerprint density at radius 3 is 1.37 bits per heavy atom. The molecular formula is C33H65N2+. The molecule has 0 unspecified atom stereocenters. The van der Waals surface area contributed by atoms with Crippen LogP contribution in [0.25, 0.3) is 0 Å². The molecule has 0 atom stereocenters. The van der Waals surface area contributed by atoms with Crippen molar-refractivity contribution < 1.29 is 4.57 Å². The van der Waals surface area contributed by atoms with E-state index in [2.05, 4.69) is 42.3 Å². The van der Waals surface area contributed by atoms with E-state index in [9.17, 15) is 0 Å². The molecule has 1 heterocycles. The summed E-state index contributed by atoms with van der Waals surface area (Å²) in [4.78, 5) is 0. The molecule has 1 rings (SSSR count). The van der Waals surface area contributed by atoms with Crippen molar-refractivity contribution >= 4 is 0 Å². The number of rotatable bonds is 27. The minimum Gasteiger partial charge on any atom is -0.234 e. The molecule has 0 bridgehead atoms. The first-order chi connectivity index (χ1) is 17.3. The van der Waals surface area contributed by atoms with Gasteiger partial charge in [0.1, 0.15) is 12.4 Å². The number of unbranched alkanes of at least 4 members (excludes halogenated alkanes) is 21. The van der Waals surface area contributed by atoms with Crippen molar-refractivity contribution in [2.45, 2.75) is 194 Å². The van der Waals surface area contributed by atoms with Crippen molar-refractivity contribution in [1.29, 1.82) is 0 Å². The zero-order valence-electron chi connectivity index (χ0n) is 24.6. The molecule has 0 spiro atoms. The zero-order chi connectivity index (χ0) is 25.2. The van der Waals surface area contributed by atoms with Crippen LogP contribution >= 0.6 is 0 Å². The van der Waals surface area contributed by atoms with Gasteiger partial charge in [-0.05, 0) is 32.1 Å². The van der Waals surface area contributed by atoms with Gasteiger partial charge in [0, 0.05) is 6.42 Å². The Morgan fingerprint density at radius 1 is 0.486 bits per heavy atom. The Kier molecular flexibility index (Phi) is 22.9. The van der Waals surface area contributed by atoms with E-state index in [0.717, 1.165) is 0 Å². The molecule has 0 aromatic carbocycles. The summed E-state index contributed by atoms with van der Waals surface area (Å²) in [5.41, 5.74) is 0. The van der Waals surface area contributed by atoms with Crippen molar-refractivity contribution in [3.05, 3.63) is 18.2 Å². The van der Waals surface area contributed by atoms with E-state index in [1.54, 1.807) is 5.82 Å². The van der Waals surface area contributed by atoms with Crippen LogP contribution in [0.3, 0.4) is 0 Å². The topological polar surface area (TPSA) is 8.81 Å². The van der Waals surface area contributed by atoms with Crippen LogP contribution in [0.4, 0.5) is 0 Å². The third kappa shape index (κ3) is 18.2. The van der Waals surface area contributed by atoms with Gasteiger partial charge in [-0.2, -0.15) is 0 Å². The van der Waals surface area contributed by atoms with Gasteiger partial charge in [-0.1, -0.05) is 143 Å². The first kappa shape index (κ1) is 32.2. The van der Waals surface area contributed by atoms with Gasteiger partial charge < -0.3 is 0 Å². The minimum absolute atomic E-state index is 1.21. The van der Waals surface area contributed by atoms with Gasteiger partial charge in [-0.25, -0.2) is 9.13 Å². The molecular weight excluding hydrogens is 424 g/mol. The molecule has 1 aromatic rings. The van der Waals surface area contributed by atoms with Crippen molar-refractivity contribution in [3.8, 4) is 0 Å². The van der Waals surface area contributed by atoms with E-state index in [-0.39, 0.29) is 0 Å². The highest BCUT2D eigenvalue weighted by atomic mass is 15.1. The molecule has 0 aliphatic heterocycles. The predicted octanol–water partition coefficient (Wildman–Crippen LogP) is 10.7. The van der Waals surface area contributed by atoms with Gasteiger partial charge in [0.25, 0.3) is 5.82 Å². The van der Waals surface area contributed by atoms with Gasteiger partial charge in [0.15, 0.2) is 0 Å². The molecule has 0 saturated heterocycles. The normalized spacial score (nSPS) is 11.5.